The van der Waals surface area contributed by atoms with Gasteiger partial charge in [0.2, 0.25) is 15.9 Å². The molecular formula is C18H26F2N2O3S2. The van der Waals surface area contributed by atoms with E-state index in [4.69, 9.17) is 0 Å². The molecule has 1 fully saturated rings. The van der Waals surface area contributed by atoms with E-state index in [1.807, 2.05) is 11.8 Å². The van der Waals surface area contributed by atoms with Crippen molar-refractivity contribution in [2.75, 3.05) is 22.9 Å². The predicted octanol–water partition coefficient (Wildman–Crippen LogP) is 3.30. The molecule has 0 heterocycles. The summed E-state index contributed by atoms with van der Waals surface area (Å²) in [6.45, 7) is 1.85. The summed E-state index contributed by atoms with van der Waals surface area (Å²) in [7, 11) is -3.86. The Morgan fingerprint density at radius 2 is 1.93 bits per heavy atom. The Morgan fingerprint density at radius 1 is 1.26 bits per heavy atom. The number of hydrogen-bond donors (Lipinski definition) is 1. The van der Waals surface area contributed by atoms with Crippen molar-refractivity contribution >= 4 is 33.4 Å². The number of thioether (sulfide) groups is 1. The molecular weight excluding hydrogens is 394 g/mol. The molecule has 0 aromatic heterocycles. The second-order valence-electron chi connectivity index (χ2n) is 6.76. The van der Waals surface area contributed by atoms with E-state index in [1.165, 1.54) is 39.0 Å². The van der Waals surface area contributed by atoms with Gasteiger partial charge in [0, 0.05) is 23.6 Å². The molecule has 0 radical (unpaired) electrons. The number of rotatable bonds is 8. The largest absolute Gasteiger partial charge is 0.353 e. The second kappa shape index (κ2) is 9.73. The Balaban J connectivity index is 1.96. The van der Waals surface area contributed by atoms with Gasteiger partial charge < -0.3 is 5.32 Å². The van der Waals surface area contributed by atoms with Gasteiger partial charge in [-0.15, -0.1) is 0 Å². The van der Waals surface area contributed by atoms with Crippen LogP contribution in [0, 0.1) is 11.6 Å². The zero-order valence-electron chi connectivity index (χ0n) is 15.6. The average Bonchev–Trinajstić information content (AvgIpc) is 2.61. The zero-order chi connectivity index (χ0) is 20.0. The van der Waals surface area contributed by atoms with Crippen LogP contribution in [-0.2, 0) is 14.8 Å². The molecule has 0 bridgehead atoms. The maximum atomic E-state index is 13.5. The van der Waals surface area contributed by atoms with Crippen molar-refractivity contribution in [3.63, 3.8) is 0 Å². The number of anilines is 1. The van der Waals surface area contributed by atoms with E-state index in [1.54, 1.807) is 0 Å². The Labute approximate surface area is 163 Å². The van der Waals surface area contributed by atoms with Gasteiger partial charge in [-0.1, -0.05) is 19.3 Å². The first-order valence-electron chi connectivity index (χ1n) is 9.04. The molecule has 1 aromatic carbocycles. The van der Waals surface area contributed by atoms with Crippen molar-refractivity contribution in [1.29, 1.82) is 0 Å². The fourth-order valence-electron chi connectivity index (χ4n) is 3.21. The molecule has 1 aliphatic carbocycles. The van der Waals surface area contributed by atoms with Crippen molar-refractivity contribution in [2.45, 2.75) is 50.3 Å². The molecule has 0 spiro atoms. The number of amides is 1. The first kappa shape index (κ1) is 21.9. The topological polar surface area (TPSA) is 66.5 Å². The van der Waals surface area contributed by atoms with Gasteiger partial charge in [0.15, 0.2) is 11.6 Å². The maximum absolute atomic E-state index is 13.5. The average molecular weight is 421 g/mol. The summed E-state index contributed by atoms with van der Waals surface area (Å²) in [5.74, 6) is -1.97. The maximum Gasteiger partial charge on any atom is 0.243 e. The Hall–Kier alpha value is -1.35. The standard InChI is InChI=1S/C18H26F2N2O3S2/c1-13(18(23)21-10-11-26-15-6-4-3-5-7-15)22(27(2,24)25)14-8-9-16(19)17(20)12-14/h8-9,12-13,15H,3-7,10-11H2,1-2H3,(H,21,23). The molecule has 1 aromatic rings. The van der Waals surface area contributed by atoms with E-state index in [-0.39, 0.29) is 5.69 Å². The van der Waals surface area contributed by atoms with Crippen LogP contribution in [0.2, 0.25) is 0 Å². The van der Waals surface area contributed by atoms with Crippen molar-refractivity contribution in [2.24, 2.45) is 0 Å². The number of hydrogen-bond acceptors (Lipinski definition) is 4. The third kappa shape index (κ3) is 6.34. The van der Waals surface area contributed by atoms with Crippen LogP contribution in [0.15, 0.2) is 18.2 Å². The highest BCUT2D eigenvalue weighted by molar-refractivity contribution is 7.99. The van der Waals surface area contributed by atoms with Crippen molar-refractivity contribution in [1.82, 2.24) is 5.32 Å². The van der Waals surface area contributed by atoms with Gasteiger partial charge in [-0.3, -0.25) is 9.10 Å². The van der Waals surface area contributed by atoms with Crippen LogP contribution in [0.5, 0.6) is 0 Å². The lowest BCUT2D eigenvalue weighted by atomic mass is 10.0. The van der Waals surface area contributed by atoms with E-state index in [2.05, 4.69) is 5.32 Å². The summed E-state index contributed by atoms with van der Waals surface area (Å²) in [5, 5.41) is 3.36. The van der Waals surface area contributed by atoms with Crippen LogP contribution in [-0.4, -0.2) is 44.2 Å². The summed E-state index contributed by atoms with van der Waals surface area (Å²) in [4.78, 5) is 12.4. The van der Waals surface area contributed by atoms with E-state index in [9.17, 15) is 22.0 Å². The van der Waals surface area contributed by atoms with Crippen LogP contribution >= 0.6 is 11.8 Å². The minimum atomic E-state index is -3.86. The summed E-state index contributed by atoms with van der Waals surface area (Å²) in [5.41, 5.74) is -0.0874. The Morgan fingerprint density at radius 3 is 2.52 bits per heavy atom. The van der Waals surface area contributed by atoms with Crippen LogP contribution in [0.3, 0.4) is 0 Å². The fourth-order valence-corrected chi connectivity index (χ4v) is 5.60. The van der Waals surface area contributed by atoms with Crippen molar-refractivity contribution < 1.29 is 22.0 Å². The normalized spacial score (nSPS) is 16.7. The molecule has 1 saturated carbocycles. The van der Waals surface area contributed by atoms with Crippen LogP contribution in [0.4, 0.5) is 14.5 Å². The molecule has 0 saturated heterocycles. The molecule has 152 valence electrons. The molecule has 27 heavy (non-hydrogen) atoms. The van der Waals surface area contributed by atoms with Gasteiger partial charge in [0.1, 0.15) is 6.04 Å². The van der Waals surface area contributed by atoms with Crippen LogP contribution in [0.1, 0.15) is 39.0 Å². The molecule has 9 heteroatoms. The highest BCUT2D eigenvalue weighted by Gasteiger charge is 2.29. The second-order valence-corrected chi connectivity index (χ2v) is 10.0. The van der Waals surface area contributed by atoms with Gasteiger partial charge >= 0.3 is 0 Å². The fraction of sp³-hybridized carbons (Fsp3) is 0.611. The molecule has 2 rings (SSSR count). The number of nitrogens with zero attached hydrogens (tertiary/aromatic N) is 1. The quantitative estimate of drug-likeness (QED) is 0.656. The summed E-state index contributed by atoms with van der Waals surface area (Å²) in [6, 6.07) is 1.68. The van der Waals surface area contributed by atoms with Gasteiger partial charge in [0.25, 0.3) is 0 Å². The summed E-state index contributed by atoms with van der Waals surface area (Å²) < 4.78 is 51.7. The third-order valence-electron chi connectivity index (χ3n) is 4.55. The molecule has 0 aliphatic heterocycles. The third-order valence-corrected chi connectivity index (χ3v) is 7.18. The molecule has 1 N–H and O–H groups in total. The number of halogens is 2. The van der Waals surface area contributed by atoms with Crippen molar-refractivity contribution in [3.05, 3.63) is 29.8 Å². The molecule has 1 aliphatic rings. The Bertz CT molecular complexity index is 753. The monoisotopic (exact) mass is 420 g/mol. The van der Waals surface area contributed by atoms with Gasteiger partial charge in [-0.25, -0.2) is 17.2 Å². The Kier molecular flexibility index (Phi) is 7.91. The lowest BCUT2D eigenvalue weighted by Crippen LogP contribution is -2.48. The lowest BCUT2D eigenvalue weighted by Gasteiger charge is -2.28. The number of carbonyl (C=O) groups is 1. The van der Waals surface area contributed by atoms with E-state index in [0.717, 1.165) is 34.5 Å². The minimum absolute atomic E-state index is 0.0874. The predicted molar refractivity (Wildman–Crippen MR) is 105 cm³/mol. The van der Waals surface area contributed by atoms with Gasteiger partial charge in [-0.05, 0) is 31.9 Å². The number of nitrogens with one attached hydrogen (secondary N) is 1. The highest BCUT2D eigenvalue weighted by atomic mass is 32.2. The lowest BCUT2D eigenvalue weighted by molar-refractivity contribution is -0.121. The first-order chi connectivity index (χ1) is 12.7. The molecule has 5 nitrogen and oxygen atoms in total. The number of sulfonamides is 1. The van der Waals surface area contributed by atoms with E-state index in [0.29, 0.717) is 11.8 Å². The zero-order valence-corrected chi connectivity index (χ0v) is 17.2. The molecule has 1 atom stereocenters. The smallest absolute Gasteiger partial charge is 0.243 e. The van der Waals surface area contributed by atoms with Crippen molar-refractivity contribution in [3.8, 4) is 0 Å². The van der Waals surface area contributed by atoms with Gasteiger partial charge in [0.05, 0.1) is 11.9 Å². The summed E-state index contributed by atoms with van der Waals surface area (Å²) in [6.07, 6.45) is 7.12. The number of benzene rings is 1. The minimum Gasteiger partial charge on any atom is -0.353 e. The SMILES string of the molecule is CC(C(=O)NCCSC1CCCCC1)N(c1ccc(F)c(F)c1)S(C)(=O)=O. The first-order valence-corrected chi connectivity index (χ1v) is 11.9. The van der Waals surface area contributed by atoms with Crippen LogP contribution < -0.4 is 9.62 Å². The summed E-state index contributed by atoms with van der Waals surface area (Å²) >= 11 is 1.83. The van der Waals surface area contributed by atoms with Gasteiger partial charge in [-0.2, -0.15) is 11.8 Å². The number of carbonyl (C=O) groups excluding carboxylic acids is 1. The molecule has 1 amide bonds. The molecule has 1 unspecified atom stereocenters. The highest BCUT2D eigenvalue weighted by Crippen LogP contribution is 2.28. The van der Waals surface area contributed by atoms with E-state index >= 15 is 0 Å². The van der Waals surface area contributed by atoms with E-state index < -0.39 is 33.6 Å². The van der Waals surface area contributed by atoms with Crippen LogP contribution in [0.25, 0.3) is 0 Å².